The van der Waals surface area contributed by atoms with Crippen LogP contribution in [-0.2, 0) is 0 Å². The first-order valence-electron chi connectivity index (χ1n) is 12.9. The van der Waals surface area contributed by atoms with Crippen LogP contribution in [0.15, 0.2) is 36.4 Å². The van der Waals surface area contributed by atoms with Crippen molar-refractivity contribution in [2.45, 2.75) is 88.3 Å². The van der Waals surface area contributed by atoms with Crippen molar-refractivity contribution in [3.05, 3.63) is 69.3 Å². The average molecular weight is 637 g/mol. The number of aliphatic hydroxyl groups excluding tert-OH is 2. The predicted molar refractivity (Wildman–Crippen MR) is 149 cm³/mol. The van der Waals surface area contributed by atoms with Gasteiger partial charge >= 0.3 is 12.4 Å². The molecule has 4 rings (SSSR count). The molecule has 0 unspecified atom stereocenters. The quantitative estimate of drug-likeness (QED) is 0.262. The summed E-state index contributed by atoms with van der Waals surface area (Å²) in [6.45, 7) is 17.5. The number of halogens is 8. The molecule has 2 aromatic rings. The van der Waals surface area contributed by atoms with Gasteiger partial charge in [0.2, 0.25) is 11.4 Å². The molecule has 2 aliphatic rings. The highest BCUT2D eigenvalue weighted by Crippen LogP contribution is 2.40. The number of benzene rings is 2. The number of aliphatic hydroxyl groups is 2. The molecule has 2 aliphatic heterocycles. The molecule has 2 fully saturated rings. The minimum atomic E-state index is -4.66. The first-order chi connectivity index (χ1) is 19.5. The van der Waals surface area contributed by atoms with E-state index in [1.807, 2.05) is 0 Å². The topological polar surface area (TPSA) is 55.7 Å². The maximum absolute atomic E-state index is 12.8. The molecule has 0 spiro atoms. The molecule has 14 heteroatoms. The Balaban J connectivity index is 0.000000230. The van der Waals surface area contributed by atoms with Crippen LogP contribution in [0.1, 0.15) is 39.5 Å². The number of alkyl halides is 6. The van der Waals surface area contributed by atoms with Gasteiger partial charge in [-0.2, -0.15) is 26.3 Å². The van der Waals surface area contributed by atoms with Crippen LogP contribution in [0.5, 0.6) is 0 Å². The highest BCUT2D eigenvalue weighted by molar-refractivity contribution is 6.34. The minimum absolute atomic E-state index is 0.137. The fourth-order valence-electron chi connectivity index (χ4n) is 5.48. The Morgan fingerprint density at radius 2 is 1.05 bits per heavy atom. The van der Waals surface area contributed by atoms with E-state index >= 15 is 0 Å². The molecule has 2 heterocycles. The maximum Gasteiger partial charge on any atom is 0.416 e. The van der Waals surface area contributed by atoms with E-state index < -0.39 is 36.6 Å². The molecule has 0 aromatic heterocycles. The van der Waals surface area contributed by atoms with E-state index in [0.717, 1.165) is 0 Å². The first kappa shape index (κ1) is 33.6. The van der Waals surface area contributed by atoms with Crippen LogP contribution < -0.4 is 9.80 Å². The molecule has 6 nitrogen and oxygen atoms in total. The zero-order chi connectivity index (χ0) is 31.6. The minimum Gasteiger partial charge on any atom is -0.382 e. The summed E-state index contributed by atoms with van der Waals surface area (Å²) in [7, 11) is 0. The lowest BCUT2D eigenvalue weighted by Crippen LogP contribution is -2.48. The Labute approximate surface area is 249 Å². The second kappa shape index (κ2) is 13.2. The Bertz CT molecular complexity index is 1240. The molecule has 0 amide bonds. The van der Waals surface area contributed by atoms with Crippen molar-refractivity contribution in [3.63, 3.8) is 0 Å². The third kappa shape index (κ3) is 7.35. The van der Waals surface area contributed by atoms with Gasteiger partial charge in [0.05, 0.1) is 25.2 Å². The number of anilines is 2. The molecule has 228 valence electrons. The summed E-state index contributed by atoms with van der Waals surface area (Å²) in [5.74, 6) is 0. The lowest BCUT2D eigenvalue weighted by atomic mass is 10.1. The molecule has 0 bridgehead atoms. The van der Waals surface area contributed by atoms with Crippen molar-refractivity contribution < 1.29 is 36.6 Å². The summed E-state index contributed by atoms with van der Waals surface area (Å²) in [5, 5.41) is 19.5. The Morgan fingerprint density at radius 3 is 1.31 bits per heavy atom. The van der Waals surface area contributed by atoms with Crippen molar-refractivity contribution in [1.29, 1.82) is 0 Å². The zero-order valence-electron chi connectivity index (χ0n) is 22.5. The van der Waals surface area contributed by atoms with E-state index in [0.29, 0.717) is 24.2 Å². The number of hydrogen-bond acceptors (Lipinski definition) is 4. The fraction of sp³-hybridized carbons (Fsp3) is 0.500. The van der Waals surface area contributed by atoms with E-state index in [9.17, 15) is 36.6 Å². The van der Waals surface area contributed by atoms with Gasteiger partial charge in [-0.05, 0) is 63.8 Å². The Hall–Kier alpha value is -2.90. The van der Waals surface area contributed by atoms with E-state index in [1.54, 1.807) is 26.0 Å². The highest BCUT2D eigenvalue weighted by Gasteiger charge is 2.50. The smallest absolute Gasteiger partial charge is 0.382 e. The largest absolute Gasteiger partial charge is 0.416 e. The number of hydrogen-bond donors (Lipinski definition) is 2. The SMILES string of the molecule is [C-]#[N+]c1ccc(N2[C@H](C)CC[C@@H]2[C@@H](O)C(F)(F)F)cc1Cl.[C-]#[N+]c1ccc(N2[C@H](C)CC[C@@H]2[C@H](O)C(F)(F)F)cc1Cl. The molecular formula is C28H28Cl2F6N4O2. The van der Waals surface area contributed by atoms with Gasteiger partial charge in [0.25, 0.3) is 0 Å². The van der Waals surface area contributed by atoms with E-state index in [-0.39, 0.29) is 46.3 Å². The Kier molecular flexibility index (Phi) is 10.5. The monoisotopic (exact) mass is 636 g/mol. The average Bonchev–Trinajstić information content (AvgIpc) is 3.49. The van der Waals surface area contributed by atoms with Gasteiger partial charge in [-0.3, -0.25) is 0 Å². The maximum atomic E-state index is 12.8. The van der Waals surface area contributed by atoms with Gasteiger partial charge in [-0.1, -0.05) is 35.3 Å². The van der Waals surface area contributed by atoms with Crippen molar-refractivity contribution in [1.82, 2.24) is 0 Å². The van der Waals surface area contributed by atoms with Crippen LogP contribution in [0.3, 0.4) is 0 Å². The standard InChI is InChI=1S/2C14H14ClF3N2O/c2*1-8-3-6-12(13(21)14(16,17)18)20(8)9-4-5-11(19-2)10(15)7-9/h2*4-5,7-8,12-13,21H,3,6H2,1H3/t8-,12-,13+;8-,12-,13-/m11/s1. The van der Waals surface area contributed by atoms with Gasteiger partial charge in [0.15, 0.2) is 12.2 Å². The fourth-order valence-corrected chi connectivity index (χ4v) is 5.91. The van der Waals surface area contributed by atoms with Crippen LogP contribution in [0.25, 0.3) is 9.69 Å². The molecule has 2 aromatic carbocycles. The van der Waals surface area contributed by atoms with Gasteiger partial charge in [-0.25, -0.2) is 9.69 Å². The Morgan fingerprint density at radius 1 is 0.714 bits per heavy atom. The summed E-state index contributed by atoms with van der Waals surface area (Å²) >= 11 is 11.9. The molecule has 0 aliphatic carbocycles. The van der Waals surface area contributed by atoms with E-state index in [4.69, 9.17) is 36.3 Å². The summed E-state index contributed by atoms with van der Waals surface area (Å²) in [6, 6.07) is 6.71. The molecule has 2 saturated heterocycles. The third-order valence-corrected chi connectivity index (χ3v) is 8.13. The lowest BCUT2D eigenvalue weighted by molar-refractivity contribution is -0.209. The summed E-state index contributed by atoms with van der Waals surface area (Å²) in [5.41, 5.74) is 1.48. The van der Waals surface area contributed by atoms with Crippen LogP contribution in [0.4, 0.5) is 49.1 Å². The molecule has 6 atom stereocenters. The molecule has 0 saturated carbocycles. The summed E-state index contributed by atoms with van der Waals surface area (Å²) in [4.78, 5) is 9.52. The van der Waals surface area contributed by atoms with Gasteiger partial charge in [-0.15, -0.1) is 0 Å². The van der Waals surface area contributed by atoms with Crippen molar-refractivity contribution in [2.24, 2.45) is 0 Å². The van der Waals surface area contributed by atoms with Crippen LogP contribution in [0.2, 0.25) is 10.0 Å². The van der Waals surface area contributed by atoms with Crippen LogP contribution in [0, 0.1) is 13.1 Å². The molecule has 0 radical (unpaired) electrons. The summed E-state index contributed by atoms with van der Waals surface area (Å²) < 4.78 is 76.6. The first-order valence-corrected chi connectivity index (χ1v) is 13.7. The van der Waals surface area contributed by atoms with Crippen LogP contribution in [-0.4, -0.2) is 58.9 Å². The van der Waals surface area contributed by atoms with Gasteiger partial charge in [0.1, 0.15) is 0 Å². The molecule has 42 heavy (non-hydrogen) atoms. The van der Waals surface area contributed by atoms with Crippen LogP contribution >= 0.6 is 23.2 Å². The molecular weight excluding hydrogens is 609 g/mol. The van der Waals surface area contributed by atoms with Crippen molar-refractivity contribution in [2.75, 3.05) is 9.80 Å². The third-order valence-electron chi connectivity index (χ3n) is 7.52. The predicted octanol–water partition coefficient (Wildman–Crippen LogP) is 8.34. The highest BCUT2D eigenvalue weighted by atomic mass is 35.5. The van der Waals surface area contributed by atoms with Crippen molar-refractivity contribution >= 4 is 46.0 Å². The molecule has 2 N–H and O–H groups in total. The summed E-state index contributed by atoms with van der Waals surface area (Å²) in [6.07, 6.45) is -12.5. The van der Waals surface area contributed by atoms with E-state index in [1.165, 1.54) is 34.1 Å². The van der Waals surface area contributed by atoms with Gasteiger partial charge < -0.3 is 20.0 Å². The van der Waals surface area contributed by atoms with Gasteiger partial charge in [0, 0.05) is 33.5 Å². The normalized spacial score (nSPS) is 24.0. The second-order valence-electron chi connectivity index (χ2n) is 10.3. The van der Waals surface area contributed by atoms with Crippen molar-refractivity contribution in [3.8, 4) is 0 Å². The lowest BCUT2D eigenvalue weighted by Gasteiger charge is -2.34. The second-order valence-corrected chi connectivity index (χ2v) is 11.1. The number of nitrogens with zero attached hydrogens (tertiary/aromatic N) is 4. The zero-order valence-corrected chi connectivity index (χ0v) is 24.0. The van der Waals surface area contributed by atoms with E-state index in [2.05, 4.69) is 9.69 Å². The number of rotatable bonds is 4.